The highest BCUT2D eigenvalue weighted by molar-refractivity contribution is 5.99. The van der Waals surface area contributed by atoms with Gasteiger partial charge >= 0.3 is 12.2 Å². The van der Waals surface area contributed by atoms with E-state index < -0.39 is 17.9 Å². The quantitative estimate of drug-likeness (QED) is 0.775. The number of nitrogens with one attached hydrogen (secondary N) is 2. The van der Waals surface area contributed by atoms with Gasteiger partial charge in [-0.1, -0.05) is 6.07 Å². The molecule has 2 aromatic rings. The number of nitrogens with zero attached hydrogens (tertiary/aromatic N) is 1. The Bertz CT molecular complexity index is 774. The molecule has 0 saturated heterocycles. The number of carbonyl (C=O) groups excluding carboxylic acids is 1. The topological polar surface area (TPSA) is 80.0 Å². The van der Waals surface area contributed by atoms with Gasteiger partial charge in [0.15, 0.2) is 0 Å². The molecule has 0 saturated carbocycles. The zero-order valence-corrected chi connectivity index (χ0v) is 13.2. The molecule has 4 N–H and O–H groups in total. The van der Waals surface area contributed by atoms with E-state index in [2.05, 4.69) is 15.6 Å². The van der Waals surface area contributed by atoms with Crippen molar-refractivity contribution in [3.8, 4) is 0 Å². The molecule has 3 rings (SSSR count). The molecule has 1 heterocycles. The van der Waals surface area contributed by atoms with Crippen molar-refractivity contribution in [3.05, 3.63) is 53.3 Å². The largest absolute Gasteiger partial charge is 0.433 e. The van der Waals surface area contributed by atoms with Crippen molar-refractivity contribution in [1.29, 1.82) is 0 Å². The molecule has 1 aliphatic rings. The van der Waals surface area contributed by atoms with Crippen LogP contribution in [0.25, 0.3) is 0 Å². The maximum atomic E-state index is 12.5. The number of aryl methyl sites for hydroxylation is 1. The highest BCUT2D eigenvalue weighted by atomic mass is 19.4. The average molecular weight is 350 g/mol. The monoisotopic (exact) mass is 350 g/mol. The third kappa shape index (κ3) is 4.27. The zero-order valence-electron chi connectivity index (χ0n) is 13.2. The summed E-state index contributed by atoms with van der Waals surface area (Å²) in [6.45, 7) is 0. The van der Waals surface area contributed by atoms with Crippen LogP contribution in [0.3, 0.4) is 0 Å². The summed E-state index contributed by atoms with van der Waals surface area (Å²) >= 11 is 0. The van der Waals surface area contributed by atoms with E-state index in [1.807, 2.05) is 12.1 Å². The molecule has 0 aliphatic heterocycles. The van der Waals surface area contributed by atoms with Gasteiger partial charge in [0.2, 0.25) is 0 Å². The number of urea groups is 1. The summed E-state index contributed by atoms with van der Waals surface area (Å²) in [5, 5.41) is 5.12. The molecule has 2 amide bonds. The van der Waals surface area contributed by atoms with Crippen molar-refractivity contribution < 1.29 is 18.0 Å². The zero-order chi connectivity index (χ0) is 18.0. The van der Waals surface area contributed by atoms with Gasteiger partial charge < -0.3 is 16.4 Å². The van der Waals surface area contributed by atoms with Gasteiger partial charge in [-0.3, -0.25) is 0 Å². The first kappa shape index (κ1) is 17.2. The van der Waals surface area contributed by atoms with Crippen LogP contribution >= 0.6 is 0 Å². The Kier molecular flexibility index (Phi) is 4.63. The number of benzene rings is 1. The van der Waals surface area contributed by atoms with Crippen LogP contribution in [-0.2, 0) is 19.0 Å². The standard InChI is InChI=1S/C17H17F3N4O/c18-17(19,20)15-6-5-14(9-22-15)24-16(25)23-13-4-2-10-7-12(21)3-1-11(10)8-13/h2,4-6,8-9,12H,1,3,7,21H2,(H2,23,24,25). The van der Waals surface area contributed by atoms with Gasteiger partial charge in [-0.05, 0) is 54.7 Å². The molecule has 1 aromatic heterocycles. The van der Waals surface area contributed by atoms with E-state index in [0.29, 0.717) is 5.69 Å². The van der Waals surface area contributed by atoms with Crippen LogP contribution in [0.5, 0.6) is 0 Å². The Balaban J connectivity index is 1.63. The number of hydrogen-bond donors (Lipinski definition) is 3. The fourth-order valence-corrected chi connectivity index (χ4v) is 2.79. The lowest BCUT2D eigenvalue weighted by atomic mass is 9.88. The van der Waals surface area contributed by atoms with Gasteiger partial charge in [0.25, 0.3) is 0 Å². The number of aromatic nitrogens is 1. The number of halogens is 3. The molecule has 8 heteroatoms. The molecule has 132 valence electrons. The van der Waals surface area contributed by atoms with E-state index >= 15 is 0 Å². The molecule has 0 bridgehead atoms. The van der Waals surface area contributed by atoms with Gasteiger partial charge in [0.1, 0.15) is 5.69 Å². The third-order valence-electron chi connectivity index (χ3n) is 4.04. The number of carbonyl (C=O) groups is 1. The van der Waals surface area contributed by atoms with Crippen LogP contribution in [0.1, 0.15) is 23.2 Å². The normalized spacial score (nSPS) is 16.9. The Morgan fingerprint density at radius 1 is 1.12 bits per heavy atom. The van der Waals surface area contributed by atoms with Crippen LogP contribution in [0.15, 0.2) is 36.5 Å². The lowest BCUT2D eigenvalue weighted by Crippen LogP contribution is -2.28. The molecule has 0 spiro atoms. The Hall–Kier alpha value is -2.61. The number of alkyl halides is 3. The molecule has 1 unspecified atom stereocenters. The fraction of sp³-hybridized carbons (Fsp3) is 0.294. The Morgan fingerprint density at radius 3 is 2.52 bits per heavy atom. The molecular formula is C17H17F3N4O. The lowest BCUT2D eigenvalue weighted by molar-refractivity contribution is -0.141. The summed E-state index contributed by atoms with van der Waals surface area (Å²) in [7, 11) is 0. The van der Waals surface area contributed by atoms with Crippen molar-refractivity contribution in [1.82, 2.24) is 4.98 Å². The molecule has 1 aromatic carbocycles. The number of rotatable bonds is 2. The summed E-state index contributed by atoms with van der Waals surface area (Å²) < 4.78 is 37.4. The van der Waals surface area contributed by atoms with E-state index in [-0.39, 0.29) is 11.7 Å². The van der Waals surface area contributed by atoms with Gasteiger partial charge in [-0.25, -0.2) is 9.78 Å². The minimum absolute atomic E-state index is 0.168. The number of fused-ring (bicyclic) bond motifs is 1. The first-order valence-electron chi connectivity index (χ1n) is 7.80. The second kappa shape index (κ2) is 6.72. The van der Waals surface area contributed by atoms with Crippen molar-refractivity contribution in [2.24, 2.45) is 5.73 Å². The number of pyridine rings is 1. The second-order valence-electron chi connectivity index (χ2n) is 6.00. The van der Waals surface area contributed by atoms with E-state index in [1.54, 1.807) is 6.07 Å². The molecule has 1 atom stereocenters. The molecular weight excluding hydrogens is 333 g/mol. The SMILES string of the molecule is NC1CCc2cc(NC(=O)Nc3ccc(C(F)(F)F)nc3)ccc2C1. The predicted octanol–water partition coefficient (Wildman–Crippen LogP) is 3.56. The first-order chi connectivity index (χ1) is 11.8. The molecule has 0 radical (unpaired) electrons. The Labute approximate surface area is 142 Å². The van der Waals surface area contributed by atoms with Crippen molar-refractivity contribution in [2.45, 2.75) is 31.5 Å². The van der Waals surface area contributed by atoms with Crippen LogP contribution in [0.2, 0.25) is 0 Å². The van der Waals surface area contributed by atoms with E-state index in [4.69, 9.17) is 5.73 Å². The lowest BCUT2D eigenvalue weighted by Gasteiger charge is -2.22. The van der Waals surface area contributed by atoms with E-state index in [9.17, 15) is 18.0 Å². The van der Waals surface area contributed by atoms with Crippen LogP contribution in [-0.4, -0.2) is 17.1 Å². The van der Waals surface area contributed by atoms with Crippen molar-refractivity contribution in [3.63, 3.8) is 0 Å². The highest BCUT2D eigenvalue weighted by Crippen LogP contribution is 2.28. The van der Waals surface area contributed by atoms with Crippen molar-refractivity contribution in [2.75, 3.05) is 10.6 Å². The first-order valence-corrected chi connectivity index (χ1v) is 7.80. The van der Waals surface area contributed by atoms with Gasteiger partial charge in [-0.2, -0.15) is 13.2 Å². The smallest absolute Gasteiger partial charge is 0.327 e. The number of nitrogens with two attached hydrogens (primary N) is 1. The fourth-order valence-electron chi connectivity index (χ4n) is 2.79. The maximum absolute atomic E-state index is 12.5. The number of amides is 2. The summed E-state index contributed by atoms with van der Waals surface area (Å²) in [5.74, 6) is 0. The van der Waals surface area contributed by atoms with Crippen LogP contribution in [0.4, 0.5) is 29.3 Å². The third-order valence-corrected chi connectivity index (χ3v) is 4.04. The predicted molar refractivity (Wildman–Crippen MR) is 88.3 cm³/mol. The summed E-state index contributed by atoms with van der Waals surface area (Å²) in [4.78, 5) is 15.3. The molecule has 5 nitrogen and oxygen atoms in total. The van der Waals surface area contributed by atoms with Crippen LogP contribution < -0.4 is 16.4 Å². The molecule has 0 fully saturated rings. The summed E-state index contributed by atoms with van der Waals surface area (Å²) in [6, 6.07) is 7.20. The van der Waals surface area contributed by atoms with Gasteiger partial charge in [-0.15, -0.1) is 0 Å². The van der Waals surface area contributed by atoms with Crippen molar-refractivity contribution >= 4 is 17.4 Å². The average Bonchev–Trinajstić information content (AvgIpc) is 2.54. The van der Waals surface area contributed by atoms with E-state index in [0.717, 1.165) is 43.2 Å². The summed E-state index contributed by atoms with van der Waals surface area (Å²) in [6.07, 6.45) is -0.960. The minimum Gasteiger partial charge on any atom is -0.327 e. The van der Waals surface area contributed by atoms with Gasteiger partial charge in [0, 0.05) is 11.7 Å². The Morgan fingerprint density at radius 2 is 1.84 bits per heavy atom. The number of anilines is 2. The van der Waals surface area contributed by atoms with Crippen LogP contribution in [0, 0.1) is 0 Å². The van der Waals surface area contributed by atoms with Gasteiger partial charge in [0.05, 0.1) is 11.9 Å². The molecule has 25 heavy (non-hydrogen) atoms. The highest BCUT2D eigenvalue weighted by Gasteiger charge is 2.32. The summed E-state index contributed by atoms with van der Waals surface area (Å²) in [5.41, 5.74) is 8.05. The minimum atomic E-state index is -4.51. The number of hydrogen-bond acceptors (Lipinski definition) is 3. The van der Waals surface area contributed by atoms with E-state index in [1.165, 1.54) is 5.56 Å². The second-order valence-corrected chi connectivity index (χ2v) is 6.00. The molecule has 1 aliphatic carbocycles. The maximum Gasteiger partial charge on any atom is 0.433 e.